The van der Waals surface area contributed by atoms with Gasteiger partial charge in [-0.25, -0.2) is 0 Å². The van der Waals surface area contributed by atoms with Gasteiger partial charge in [-0.3, -0.25) is 0 Å². The third-order valence-corrected chi connectivity index (χ3v) is 3.15. The van der Waals surface area contributed by atoms with Gasteiger partial charge in [0.15, 0.2) is 0 Å². The fraction of sp³-hybridized carbons (Fsp3) is 0.250. The average Bonchev–Trinajstić information content (AvgIpc) is 2.45. The van der Waals surface area contributed by atoms with E-state index in [0.29, 0.717) is 16.8 Å². The monoisotopic (exact) mass is 295 g/mol. The predicted molar refractivity (Wildman–Crippen MR) is 75.8 cm³/mol. The van der Waals surface area contributed by atoms with Crippen molar-refractivity contribution in [2.45, 2.75) is 25.7 Å². The zero-order valence-corrected chi connectivity index (χ0v) is 11.5. The largest absolute Gasteiger partial charge is 0.416 e. The van der Waals surface area contributed by atoms with Crippen LogP contribution in [-0.2, 0) is 12.7 Å². The lowest BCUT2D eigenvalue weighted by molar-refractivity contribution is -0.137. The lowest BCUT2D eigenvalue weighted by atomic mass is 10.1. The molecule has 0 bridgehead atoms. The van der Waals surface area contributed by atoms with Gasteiger partial charge in [0, 0.05) is 17.8 Å². The van der Waals surface area contributed by atoms with Crippen LogP contribution in [0.1, 0.15) is 29.7 Å². The quantitative estimate of drug-likeness (QED) is 0.877. The molecule has 0 saturated carbocycles. The van der Waals surface area contributed by atoms with Crippen molar-refractivity contribution in [3.63, 3.8) is 0 Å². The number of alkyl halides is 3. The van der Waals surface area contributed by atoms with Crippen LogP contribution in [0.3, 0.4) is 0 Å². The lowest BCUT2D eigenvalue weighted by Gasteiger charge is -2.14. The fourth-order valence-corrected chi connectivity index (χ4v) is 2.08. The van der Waals surface area contributed by atoms with Crippen LogP contribution in [0, 0.1) is 0 Å². The van der Waals surface area contributed by atoms with E-state index < -0.39 is 17.8 Å². The summed E-state index contributed by atoms with van der Waals surface area (Å²) >= 11 is 0. The highest BCUT2D eigenvalue weighted by Gasteiger charge is 2.30. The minimum absolute atomic E-state index is 0.258. The van der Waals surface area contributed by atoms with Gasteiger partial charge in [-0.05, 0) is 30.7 Å². The number of hydrogen-bond donors (Lipinski definition) is 2. The molecule has 2 aromatic carbocycles. The molecule has 1 unspecified atom stereocenters. The summed E-state index contributed by atoms with van der Waals surface area (Å²) in [6, 6.07) is 12.4. The standard InChI is InChI=1S/C16H16F3NO/c1-11(21)14-7-2-3-8-15(14)20-10-12-5-4-6-13(9-12)16(17,18)19/h2-9,11,20-21H,10H2,1H3. The van der Waals surface area contributed by atoms with Gasteiger partial charge in [0.25, 0.3) is 0 Å². The zero-order chi connectivity index (χ0) is 15.5. The molecule has 0 amide bonds. The van der Waals surface area contributed by atoms with E-state index in [1.54, 1.807) is 37.3 Å². The maximum atomic E-state index is 12.6. The molecule has 0 heterocycles. The SMILES string of the molecule is CC(O)c1ccccc1NCc1cccc(C(F)(F)F)c1. The molecule has 0 saturated heterocycles. The van der Waals surface area contributed by atoms with Gasteiger partial charge in [-0.15, -0.1) is 0 Å². The normalized spacial score (nSPS) is 13.0. The number of rotatable bonds is 4. The summed E-state index contributed by atoms with van der Waals surface area (Å²) in [7, 11) is 0. The Kier molecular flexibility index (Phi) is 4.53. The molecule has 0 spiro atoms. The first kappa shape index (κ1) is 15.4. The van der Waals surface area contributed by atoms with E-state index in [1.165, 1.54) is 6.07 Å². The molecule has 0 aliphatic rings. The smallest absolute Gasteiger partial charge is 0.389 e. The maximum absolute atomic E-state index is 12.6. The Labute approximate surface area is 121 Å². The summed E-state index contributed by atoms with van der Waals surface area (Å²) in [6.45, 7) is 1.90. The van der Waals surface area contributed by atoms with Gasteiger partial charge in [-0.2, -0.15) is 13.2 Å². The van der Waals surface area contributed by atoms with Crippen LogP contribution in [-0.4, -0.2) is 5.11 Å². The summed E-state index contributed by atoms with van der Waals surface area (Å²) in [6.07, 6.45) is -4.98. The number of anilines is 1. The molecule has 0 aliphatic heterocycles. The maximum Gasteiger partial charge on any atom is 0.416 e. The summed E-state index contributed by atoms with van der Waals surface area (Å²) in [5.41, 5.74) is 1.30. The Bertz CT molecular complexity index is 608. The Hall–Kier alpha value is -2.01. The van der Waals surface area contributed by atoms with Crippen molar-refractivity contribution in [2.75, 3.05) is 5.32 Å². The molecular formula is C16H16F3NO. The molecule has 112 valence electrons. The second-order valence-electron chi connectivity index (χ2n) is 4.81. The van der Waals surface area contributed by atoms with Crippen molar-refractivity contribution >= 4 is 5.69 Å². The third-order valence-electron chi connectivity index (χ3n) is 3.15. The van der Waals surface area contributed by atoms with E-state index in [-0.39, 0.29) is 6.54 Å². The summed E-state index contributed by atoms with van der Waals surface area (Å²) < 4.78 is 37.9. The minimum atomic E-state index is -4.34. The second kappa shape index (κ2) is 6.18. The highest BCUT2D eigenvalue weighted by atomic mass is 19.4. The molecule has 0 aliphatic carbocycles. The average molecular weight is 295 g/mol. The predicted octanol–water partition coefficient (Wildman–Crippen LogP) is 4.37. The van der Waals surface area contributed by atoms with Gasteiger partial charge in [-0.1, -0.05) is 30.3 Å². The molecule has 1 atom stereocenters. The van der Waals surface area contributed by atoms with Crippen molar-refractivity contribution in [2.24, 2.45) is 0 Å². The number of aliphatic hydroxyl groups is 1. The molecule has 2 nitrogen and oxygen atoms in total. The second-order valence-corrected chi connectivity index (χ2v) is 4.81. The number of halogens is 3. The first-order valence-electron chi connectivity index (χ1n) is 6.55. The summed E-state index contributed by atoms with van der Waals surface area (Å²) in [5.74, 6) is 0. The van der Waals surface area contributed by atoms with Gasteiger partial charge in [0.05, 0.1) is 11.7 Å². The van der Waals surface area contributed by atoms with E-state index >= 15 is 0 Å². The van der Waals surface area contributed by atoms with Crippen LogP contribution < -0.4 is 5.32 Å². The highest BCUT2D eigenvalue weighted by molar-refractivity contribution is 5.52. The first-order valence-corrected chi connectivity index (χ1v) is 6.55. The Balaban J connectivity index is 2.14. The third kappa shape index (κ3) is 3.98. The van der Waals surface area contributed by atoms with Crippen LogP contribution in [0.4, 0.5) is 18.9 Å². The number of benzene rings is 2. The number of hydrogen-bond acceptors (Lipinski definition) is 2. The number of para-hydroxylation sites is 1. The van der Waals surface area contributed by atoms with Crippen LogP contribution >= 0.6 is 0 Å². The van der Waals surface area contributed by atoms with Crippen molar-refractivity contribution in [3.8, 4) is 0 Å². The van der Waals surface area contributed by atoms with Gasteiger partial charge >= 0.3 is 6.18 Å². The molecular weight excluding hydrogens is 279 g/mol. The van der Waals surface area contributed by atoms with E-state index in [0.717, 1.165) is 12.1 Å². The Morgan fingerprint density at radius 3 is 2.48 bits per heavy atom. The van der Waals surface area contributed by atoms with Crippen molar-refractivity contribution < 1.29 is 18.3 Å². The molecule has 0 fully saturated rings. The van der Waals surface area contributed by atoms with Crippen LogP contribution in [0.25, 0.3) is 0 Å². The van der Waals surface area contributed by atoms with Crippen LogP contribution in [0.2, 0.25) is 0 Å². The highest BCUT2D eigenvalue weighted by Crippen LogP contribution is 2.30. The topological polar surface area (TPSA) is 32.3 Å². The molecule has 2 aromatic rings. The van der Waals surface area contributed by atoms with Crippen molar-refractivity contribution in [1.29, 1.82) is 0 Å². The van der Waals surface area contributed by atoms with E-state index in [2.05, 4.69) is 5.32 Å². The van der Waals surface area contributed by atoms with Gasteiger partial charge in [0.2, 0.25) is 0 Å². The molecule has 5 heteroatoms. The zero-order valence-electron chi connectivity index (χ0n) is 11.5. The first-order chi connectivity index (χ1) is 9.88. The molecule has 2 N–H and O–H groups in total. The van der Waals surface area contributed by atoms with Crippen molar-refractivity contribution in [3.05, 3.63) is 65.2 Å². The molecule has 0 aromatic heterocycles. The molecule has 2 rings (SSSR count). The van der Waals surface area contributed by atoms with E-state index in [4.69, 9.17) is 0 Å². The Morgan fingerprint density at radius 1 is 1.10 bits per heavy atom. The van der Waals surface area contributed by atoms with Crippen molar-refractivity contribution in [1.82, 2.24) is 0 Å². The molecule has 0 radical (unpaired) electrons. The van der Waals surface area contributed by atoms with Gasteiger partial charge < -0.3 is 10.4 Å². The van der Waals surface area contributed by atoms with Crippen LogP contribution in [0.5, 0.6) is 0 Å². The minimum Gasteiger partial charge on any atom is -0.389 e. The number of nitrogens with one attached hydrogen (secondary N) is 1. The van der Waals surface area contributed by atoms with Gasteiger partial charge in [0.1, 0.15) is 0 Å². The lowest BCUT2D eigenvalue weighted by Crippen LogP contribution is -2.08. The summed E-state index contributed by atoms with van der Waals surface area (Å²) in [4.78, 5) is 0. The number of aliphatic hydroxyl groups excluding tert-OH is 1. The Morgan fingerprint density at radius 2 is 1.81 bits per heavy atom. The van der Waals surface area contributed by atoms with E-state index in [1.807, 2.05) is 0 Å². The van der Waals surface area contributed by atoms with Crippen LogP contribution in [0.15, 0.2) is 48.5 Å². The summed E-state index contributed by atoms with van der Waals surface area (Å²) in [5, 5.41) is 12.7. The molecule has 21 heavy (non-hydrogen) atoms. The van der Waals surface area contributed by atoms with E-state index in [9.17, 15) is 18.3 Å². The fourth-order valence-electron chi connectivity index (χ4n) is 2.08.